The zero-order valence-electron chi connectivity index (χ0n) is 18.4. The number of carbonyl (C=O) groups excluding carboxylic acids is 1. The Morgan fingerprint density at radius 2 is 1.68 bits per heavy atom. The van der Waals surface area contributed by atoms with Crippen molar-refractivity contribution in [1.82, 2.24) is 5.32 Å². The van der Waals surface area contributed by atoms with Crippen LogP contribution in [-0.2, 0) is 11.3 Å². The van der Waals surface area contributed by atoms with Gasteiger partial charge in [-0.1, -0.05) is 96.7 Å². The Hall–Kier alpha value is -2.21. The van der Waals surface area contributed by atoms with Gasteiger partial charge in [-0.05, 0) is 46.0 Å². The van der Waals surface area contributed by atoms with E-state index in [4.69, 9.17) is 34.8 Å². The van der Waals surface area contributed by atoms with Crippen LogP contribution in [0.3, 0.4) is 0 Å². The van der Waals surface area contributed by atoms with Crippen molar-refractivity contribution in [3.63, 3.8) is 0 Å². The molecule has 0 aliphatic carbocycles. The Morgan fingerprint density at radius 1 is 1.03 bits per heavy atom. The summed E-state index contributed by atoms with van der Waals surface area (Å²) in [5, 5.41) is 4.49. The summed E-state index contributed by atoms with van der Waals surface area (Å²) >= 11 is 17.8. The maximum absolute atomic E-state index is 13.9. The molecule has 1 amide bonds. The van der Waals surface area contributed by atoms with E-state index in [9.17, 15) is 18.0 Å². The number of amides is 1. The van der Waals surface area contributed by atoms with Gasteiger partial charge in [-0.15, -0.1) is 0 Å². The molecule has 0 aliphatic heterocycles. The molecule has 3 aromatic rings. The van der Waals surface area contributed by atoms with Crippen LogP contribution in [0, 0.1) is 0 Å². The number of alkyl halides is 3. The average Bonchev–Trinajstić information content (AvgIpc) is 2.79. The fourth-order valence-electron chi connectivity index (χ4n) is 3.67. The van der Waals surface area contributed by atoms with Crippen LogP contribution in [-0.4, -0.2) is 12.1 Å². The number of benzene rings is 3. The third-order valence-corrected chi connectivity index (χ3v) is 6.66. The molecule has 0 radical (unpaired) electrons. The lowest BCUT2D eigenvalue weighted by Gasteiger charge is -2.18. The first-order valence-corrected chi connectivity index (χ1v) is 11.9. The monoisotopic (exact) mass is 527 g/mol. The molecule has 1 atom stereocenters. The summed E-state index contributed by atoms with van der Waals surface area (Å²) in [6.07, 6.45) is 0.193. The third-order valence-electron chi connectivity index (χ3n) is 5.47. The number of allylic oxidation sites excluding steroid dienone is 1. The Bertz CT molecular complexity index is 1180. The zero-order valence-corrected chi connectivity index (χ0v) is 20.6. The molecule has 2 nitrogen and oxygen atoms in total. The van der Waals surface area contributed by atoms with Crippen molar-refractivity contribution in [3.05, 3.63) is 86.4 Å². The standard InChI is InChI=1S/C26H23Cl3F3NO/c1-2-3-8-24(34)33-15-17-10-9-16(19-6-4-5-7-20(17)19)11-12-21(26(30,31)32)18-13-22(27)25(29)23(28)14-18/h4-7,9-14,21H,2-3,8,15H2,1H3,(H,33,34)/b12-11+. The fraction of sp³-hybridized carbons (Fsp3) is 0.269. The highest BCUT2D eigenvalue weighted by molar-refractivity contribution is 6.48. The molecule has 0 spiro atoms. The maximum atomic E-state index is 13.9. The predicted octanol–water partition coefficient (Wildman–Crippen LogP) is 8.97. The van der Waals surface area contributed by atoms with E-state index in [2.05, 4.69) is 5.32 Å². The van der Waals surface area contributed by atoms with Crippen molar-refractivity contribution >= 4 is 57.6 Å². The van der Waals surface area contributed by atoms with E-state index in [0.29, 0.717) is 18.5 Å². The summed E-state index contributed by atoms with van der Waals surface area (Å²) < 4.78 is 41.7. The number of unbranched alkanes of at least 4 members (excludes halogenated alkanes) is 1. The van der Waals surface area contributed by atoms with E-state index in [1.54, 1.807) is 6.07 Å². The van der Waals surface area contributed by atoms with Gasteiger partial charge >= 0.3 is 6.18 Å². The summed E-state index contributed by atoms with van der Waals surface area (Å²) in [7, 11) is 0. The molecule has 0 saturated heterocycles. The van der Waals surface area contributed by atoms with Crippen molar-refractivity contribution in [1.29, 1.82) is 0 Å². The Morgan fingerprint density at radius 3 is 2.29 bits per heavy atom. The first kappa shape index (κ1) is 26.4. The van der Waals surface area contributed by atoms with Gasteiger partial charge in [-0.3, -0.25) is 4.79 Å². The molecular formula is C26H23Cl3F3NO. The minimum Gasteiger partial charge on any atom is -0.352 e. The fourth-order valence-corrected chi connectivity index (χ4v) is 4.28. The van der Waals surface area contributed by atoms with E-state index in [0.717, 1.165) is 35.3 Å². The van der Waals surface area contributed by atoms with Crippen LogP contribution >= 0.6 is 34.8 Å². The lowest BCUT2D eigenvalue weighted by atomic mass is 9.95. The Labute approximate surface area is 211 Å². The molecule has 0 heterocycles. The molecule has 3 rings (SSSR count). The molecule has 1 N–H and O–H groups in total. The van der Waals surface area contributed by atoms with Crippen molar-refractivity contribution in [2.45, 2.75) is 44.8 Å². The normalized spacial score (nSPS) is 12.9. The van der Waals surface area contributed by atoms with Gasteiger partial charge in [-0.2, -0.15) is 13.2 Å². The van der Waals surface area contributed by atoms with Crippen LogP contribution in [0.25, 0.3) is 16.8 Å². The van der Waals surface area contributed by atoms with Gasteiger partial charge in [0.05, 0.1) is 21.0 Å². The summed E-state index contributed by atoms with van der Waals surface area (Å²) in [5.41, 5.74) is 1.41. The van der Waals surface area contributed by atoms with Gasteiger partial charge in [-0.25, -0.2) is 0 Å². The highest BCUT2D eigenvalue weighted by Crippen LogP contribution is 2.41. The van der Waals surface area contributed by atoms with Gasteiger partial charge in [0.15, 0.2) is 0 Å². The van der Waals surface area contributed by atoms with Crippen molar-refractivity contribution in [2.24, 2.45) is 0 Å². The van der Waals surface area contributed by atoms with Crippen molar-refractivity contribution in [3.8, 4) is 0 Å². The van der Waals surface area contributed by atoms with Crippen molar-refractivity contribution < 1.29 is 18.0 Å². The van der Waals surface area contributed by atoms with E-state index < -0.39 is 12.1 Å². The van der Waals surface area contributed by atoms with E-state index in [1.807, 2.05) is 37.3 Å². The van der Waals surface area contributed by atoms with Crippen LogP contribution in [0.2, 0.25) is 15.1 Å². The minimum absolute atomic E-state index is 0.0142. The summed E-state index contributed by atoms with van der Waals surface area (Å²) in [5.74, 6) is -1.95. The second-order valence-electron chi connectivity index (χ2n) is 7.92. The van der Waals surface area contributed by atoms with Gasteiger partial charge in [0.2, 0.25) is 5.91 Å². The predicted molar refractivity (Wildman–Crippen MR) is 135 cm³/mol. The molecule has 1 unspecified atom stereocenters. The highest BCUT2D eigenvalue weighted by atomic mass is 35.5. The Kier molecular flexibility index (Phi) is 8.91. The Balaban J connectivity index is 1.94. The number of hydrogen-bond acceptors (Lipinski definition) is 1. The van der Waals surface area contributed by atoms with E-state index in [-0.39, 0.29) is 26.5 Å². The molecule has 3 aromatic carbocycles. The summed E-state index contributed by atoms with van der Waals surface area (Å²) in [6.45, 7) is 2.37. The first-order chi connectivity index (χ1) is 16.1. The minimum atomic E-state index is -4.56. The second-order valence-corrected chi connectivity index (χ2v) is 9.11. The lowest BCUT2D eigenvalue weighted by Crippen LogP contribution is -2.22. The zero-order chi connectivity index (χ0) is 24.9. The number of hydrogen-bond donors (Lipinski definition) is 1. The topological polar surface area (TPSA) is 29.1 Å². The van der Waals surface area contributed by atoms with Gasteiger partial charge in [0.1, 0.15) is 0 Å². The first-order valence-electron chi connectivity index (χ1n) is 10.8. The largest absolute Gasteiger partial charge is 0.399 e. The highest BCUT2D eigenvalue weighted by Gasteiger charge is 2.39. The van der Waals surface area contributed by atoms with Gasteiger partial charge < -0.3 is 5.32 Å². The quantitative estimate of drug-likeness (QED) is 0.290. The molecule has 0 bridgehead atoms. The van der Waals surface area contributed by atoms with Crippen LogP contribution < -0.4 is 5.32 Å². The van der Waals surface area contributed by atoms with E-state index >= 15 is 0 Å². The van der Waals surface area contributed by atoms with Gasteiger partial charge in [0.25, 0.3) is 0 Å². The number of rotatable bonds is 8. The third kappa shape index (κ3) is 6.47. The molecule has 180 valence electrons. The van der Waals surface area contributed by atoms with Crippen LogP contribution in [0.15, 0.2) is 54.6 Å². The van der Waals surface area contributed by atoms with Crippen LogP contribution in [0.1, 0.15) is 48.8 Å². The molecule has 0 saturated carbocycles. The summed E-state index contributed by atoms with van der Waals surface area (Å²) in [6, 6.07) is 13.3. The second kappa shape index (κ2) is 11.5. The molecule has 0 aromatic heterocycles. The molecule has 34 heavy (non-hydrogen) atoms. The number of fused-ring (bicyclic) bond motifs is 1. The summed E-state index contributed by atoms with van der Waals surface area (Å²) in [4.78, 5) is 12.0. The van der Waals surface area contributed by atoms with Crippen LogP contribution in [0.5, 0.6) is 0 Å². The van der Waals surface area contributed by atoms with Crippen LogP contribution in [0.4, 0.5) is 13.2 Å². The smallest absolute Gasteiger partial charge is 0.352 e. The number of nitrogens with one attached hydrogen (secondary N) is 1. The van der Waals surface area contributed by atoms with Gasteiger partial charge in [0, 0.05) is 13.0 Å². The molecule has 8 heteroatoms. The van der Waals surface area contributed by atoms with Crippen molar-refractivity contribution in [2.75, 3.05) is 0 Å². The molecule has 0 aliphatic rings. The number of carbonyl (C=O) groups is 1. The number of halogens is 6. The lowest BCUT2D eigenvalue weighted by molar-refractivity contribution is -0.139. The van der Waals surface area contributed by atoms with E-state index in [1.165, 1.54) is 18.2 Å². The maximum Gasteiger partial charge on any atom is 0.399 e. The SMILES string of the molecule is CCCCC(=O)NCc1ccc(/C=C/C(c2cc(Cl)c(Cl)c(Cl)c2)C(F)(F)F)c2ccccc12. The molecule has 0 fully saturated rings. The average molecular weight is 529 g/mol. The molecular weight excluding hydrogens is 506 g/mol.